The maximum Gasteiger partial charge on any atom is 0.211 e. The standard InChI is InChI=1S/C15H26ClNO2S/c1-11(8-16)9-20(18,19)17-10-15-5-12-2-13(6-15)4-14(3-12)7-15/h11-14,17H,2-10H2,1H3. The van der Waals surface area contributed by atoms with Gasteiger partial charge in [0.15, 0.2) is 0 Å². The summed E-state index contributed by atoms with van der Waals surface area (Å²) in [6.07, 6.45) is 7.92. The van der Waals surface area contributed by atoms with Crippen molar-refractivity contribution in [2.24, 2.45) is 29.1 Å². The van der Waals surface area contributed by atoms with Gasteiger partial charge in [-0.3, -0.25) is 0 Å². The topological polar surface area (TPSA) is 46.2 Å². The summed E-state index contributed by atoms with van der Waals surface area (Å²) in [5.74, 6) is 3.18. The van der Waals surface area contributed by atoms with Crippen molar-refractivity contribution < 1.29 is 8.42 Å². The number of alkyl halides is 1. The van der Waals surface area contributed by atoms with Crippen molar-refractivity contribution in [3.8, 4) is 0 Å². The monoisotopic (exact) mass is 319 g/mol. The Hall–Kier alpha value is 0.200. The number of nitrogens with one attached hydrogen (secondary N) is 1. The third-order valence-electron chi connectivity index (χ3n) is 5.60. The smallest absolute Gasteiger partial charge is 0.211 e. The van der Waals surface area contributed by atoms with E-state index in [-0.39, 0.29) is 17.1 Å². The molecule has 116 valence electrons. The quantitative estimate of drug-likeness (QED) is 0.765. The van der Waals surface area contributed by atoms with Crippen molar-refractivity contribution in [1.82, 2.24) is 4.72 Å². The molecule has 3 nitrogen and oxygen atoms in total. The number of hydrogen-bond donors (Lipinski definition) is 1. The van der Waals surface area contributed by atoms with Gasteiger partial charge in [0.05, 0.1) is 5.75 Å². The van der Waals surface area contributed by atoms with Crippen LogP contribution in [0.4, 0.5) is 0 Å². The minimum absolute atomic E-state index is 0.0190. The van der Waals surface area contributed by atoms with Gasteiger partial charge in [-0.05, 0) is 67.6 Å². The van der Waals surface area contributed by atoms with E-state index in [1.54, 1.807) is 0 Å². The molecule has 4 aliphatic rings. The lowest BCUT2D eigenvalue weighted by Crippen LogP contribution is -2.51. The van der Waals surface area contributed by atoms with Crippen LogP contribution in [0.15, 0.2) is 0 Å². The molecular weight excluding hydrogens is 294 g/mol. The number of sulfonamides is 1. The molecule has 4 rings (SSSR count). The van der Waals surface area contributed by atoms with Crippen LogP contribution in [0.25, 0.3) is 0 Å². The third kappa shape index (κ3) is 3.17. The highest BCUT2D eigenvalue weighted by atomic mass is 35.5. The molecule has 1 unspecified atom stereocenters. The van der Waals surface area contributed by atoms with Gasteiger partial charge >= 0.3 is 0 Å². The average molecular weight is 320 g/mol. The minimum atomic E-state index is -3.17. The fraction of sp³-hybridized carbons (Fsp3) is 1.00. The Morgan fingerprint density at radius 3 is 2.10 bits per heavy atom. The van der Waals surface area contributed by atoms with Crippen LogP contribution < -0.4 is 4.72 Å². The number of rotatable bonds is 6. The van der Waals surface area contributed by atoms with Crippen LogP contribution in [-0.4, -0.2) is 26.6 Å². The molecule has 0 aliphatic heterocycles. The van der Waals surface area contributed by atoms with Crippen molar-refractivity contribution in [2.45, 2.75) is 45.4 Å². The first-order valence-corrected chi connectivity index (χ1v) is 10.1. The molecule has 0 radical (unpaired) electrons. The lowest BCUT2D eigenvalue weighted by molar-refractivity contribution is -0.0487. The highest BCUT2D eigenvalue weighted by molar-refractivity contribution is 7.89. The van der Waals surface area contributed by atoms with Gasteiger partial charge in [-0.1, -0.05) is 6.92 Å². The van der Waals surface area contributed by atoms with Crippen molar-refractivity contribution in [3.05, 3.63) is 0 Å². The van der Waals surface area contributed by atoms with E-state index in [1.807, 2.05) is 6.92 Å². The second-order valence-corrected chi connectivity index (χ2v) is 9.94. The Balaban J connectivity index is 1.61. The van der Waals surface area contributed by atoms with Crippen LogP contribution in [0.3, 0.4) is 0 Å². The second kappa shape index (κ2) is 5.44. The van der Waals surface area contributed by atoms with E-state index in [2.05, 4.69) is 4.72 Å². The Kier molecular flexibility index (Phi) is 4.11. The molecule has 0 amide bonds. The summed E-state index contributed by atoms with van der Waals surface area (Å²) in [4.78, 5) is 0. The minimum Gasteiger partial charge on any atom is -0.215 e. The zero-order valence-electron chi connectivity index (χ0n) is 12.3. The predicted octanol–water partition coefficient (Wildman–Crippen LogP) is 3.00. The molecule has 1 atom stereocenters. The molecule has 0 heterocycles. The second-order valence-electron chi connectivity index (χ2n) is 7.78. The molecule has 4 aliphatic carbocycles. The van der Waals surface area contributed by atoms with Crippen LogP contribution >= 0.6 is 11.6 Å². The molecule has 1 N–H and O–H groups in total. The van der Waals surface area contributed by atoms with E-state index >= 15 is 0 Å². The van der Waals surface area contributed by atoms with Crippen LogP contribution in [0.5, 0.6) is 0 Å². The van der Waals surface area contributed by atoms with Crippen LogP contribution in [0.1, 0.15) is 45.4 Å². The molecule has 5 heteroatoms. The molecule has 4 fully saturated rings. The Morgan fingerprint density at radius 1 is 1.15 bits per heavy atom. The van der Waals surface area contributed by atoms with Crippen LogP contribution in [0.2, 0.25) is 0 Å². The molecule has 0 aromatic carbocycles. The van der Waals surface area contributed by atoms with E-state index in [0.717, 1.165) is 17.8 Å². The van der Waals surface area contributed by atoms with E-state index in [4.69, 9.17) is 11.6 Å². The molecule has 0 aromatic heterocycles. The van der Waals surface area contributed by atoms with Crippen molar-refractivity contribution in [3.63, 3.8) is 0 Å². The molecule has 4 saturated carbocycles. The van der Waals surface area contributed by atoms with Gasteiger partial charge in [0.2, 0.25) is 10.0 Å². The van der Waals surface area contributed by atoms with Gasteiger partial charge in [0, 0.05) is 12.4 Å². The van der Waals surface area contributed by atoms with E-state index in [0.29, 0.717) is 12.4 Å². The van der Waals surface area contributed by atoms with Crippen LogP contribution in [0, 0.1) is 29.1 Å². The van der Waals surface area contributed by atoms with Gasteiger partial charge in [-0.15, -0.1) is 11.6 Å². The lowest BCUT2D eigenvalue weighted by atomic mass is 9.50. The van der Waals surface area contributed by atoms with Crippen molar-refractivity contribution in [2.75, 3.05) is 18.2 Å². The third-order valence-corrected chi connectivity index (χ3v) is 7.72. The largest absolute Gasteiger partial charge is 0.215 e. The summed E-state index contributed by atoms with van der Waals surface area (Å²) >= 11 is 5.72. The molecule has 20 heavy (non-hydrogen) atoms. The Morgan fingerprint density at radius 2 is 1.65 bits per heavy atom. The highest BCUT2D eigenvalue weighted by Crippen LogP contribution is 2.59. The lowest BCUT2D eigenvalue weighted by Gasteiger charge is -2.56. The molecule has 0 aromatic rings. The average Bonchev–Trinajstić information content (AvgIpc) is 2.34. The number of halogens is 1. The van der Waals surface area contributed by atoms with E-state index in [1.165, 1.54) is 38.5 Å². The zero-order valence-corrected chi connectivity index (χ0v) is 13.8. The first kappa shape index (κ1) is 15.1. The van der Waals surface area contributed by atoms with Gasteiger partial charge < -0.3 is 0 Å². The molecule has 0 saturated heterocycles. The van der Waals surface area contributed by atoms with Gasteiger partial charge in [0.1, 0.15) is 0 Å². The van der Waals surface area contributed by atoms with Gasteiger partial charge in [0.25, 0.3) is 0 Å². The predicted molar refractivity (Wildman–Crippen MR) is 82.3 cm³/mol. The normalized spacial score (nSPS) is 41.0. The van der Waals surface area contributed by atoms with E-state index in [9.17, 15) is 8.42 Å². The fourth-order valence-electron chi connectivity index (χ4n) is 5.25. The maximum atomic E-state index is 12.1. The maximum absolute atomic E-state index is 12.1. The summed E-state index contributed by atoms with van der Waals surface area (Å²) in [7, 11) is -3.17. The molecule has 0 spiro atoms. The summed E-state index contributed by atoms with van der Waals surface area (Å²) < 4.78 is 27.1. The van der Waals surface area contributed by atoms with Gasteiger partial charge in [-0.2, -0.15) is 0 Å². The first-order chi connectivity index (χ1) is 9.40. The zero-order chi connectivity index (χ0) is 14.4. The molecule has 4 bridgehead atoms. The number of hydrogen-bond acceptors (Lipinski definition) is 2. The Bertz CT molecular complexity index is 427. The van der Waals surface area contributed by atoms with Crippen molar-refractivity contribution >= 4 is 21.6 Å². The summed E-state index contributed by atoms with van der Waals surface area (Å²) in [5.41, 5.74) is 0.270. The fourth-order valence-corrected chi connectivity index (χ4v) is 7.00. The summed E-state index contributed by atoms with van der Waals surface area (Å²) in [6, 6.07) is 0. The Labute approximate surface area is 127 Å². The van der Waals surface area contributed by atoms with Crippen molar-refractivity contribution in [1.29, 1.82) is 0 Å². The molecular formula is C15H26ClNO2S. The first-order valence-electron chi connectivity index (χ1n) is 7.93. The summed E-state index contributed by atoms with van der Waals surface area (Å²) in [6.45, 7) is 2.55. The van der Waals surface area contributed by atoms with Crippen LogP contribution in [-0.2, 0) is 10.0 Å². The summed E-state index contributed by atoms with van der Waals surface area (Å²) in [5, 5.41) is 0. The van der Waals surface area contributed by atoms with Gasteiger partial charge in [-0.25, -0.2) is 13.1 Å². The van der Waals surface area contributed by atoms with E-state index < -0.39 is 10.0 Å². The SMILES string of the molecule is CC(CCl)CS(=O)(=O)NCC12CC3CC(CC(C3)C1)C2. The highest BCUT2D eigenvalue weighted by Gasteiger charge is 2.50.